The van der Waals surface area contributed by atoms with Crippen LogP contribution < -0.4 is 9.64 Å². The molecular formula is C48H52Cl2N6O4. The summed E-state index contributed by atoms with van der Waals surface area (Å²) >= 11 is 13.7. The normalized spacial score (nSPS) is 14.2. The molecule has 0 bridgehead atoms. The molecule has 4 aromatic heterocycles. The number of fused-ring (bicyclic) bond motifs is 4. The molecular weight excluding hydrogens is 795 g/mol. The van der Waals surface area contributed by atoms with Gasteiger partial charge in [0.1, 0.15) is 18.2 Å². The lowest BCUT2D eigenvalue weighted by atomic mass is 9.98. The van der Waals surface area contributed by atoms with Crippen LogP contribution in [0.3, 0.4) is 0 Å². The fraction of sp³-hybridized carbons (Fsp3) is 0.354. The molecule has 1 amide bonds. The van der Waals surface area contributed by atoms with Crippen LogP contribution in [0, 0.1) is 27.7 Å². The molecule has 0 saturated carbocycles. The number of aryl methyl sites for hydroxylation is 6. The van der Waals surface area contributed by atoms with Crippen molar-refractivity contribution >= 4 is 56.6 Å². The second-order valence-electron chi connectivity index (χ2n) is 16.0. The summed E-state index contributed by atoms with van der Waals surface area (Å²) in [7, 11) is 3.57. The number of hydrogen-bond acceptors (Lipinski definition) is 6. The standard InChI is InChI=1S/C48H52Cl2N6O4/c1-9-36-23-34-21-33(26-59-27-58-8)22-41(45(34)54(36)25-35-13-10-11-17-51-35)55-24-30(4)56-46-39(15-16-40(49)43(46)42-31(5)52-53(7)32(42)6)38(47(56)48(55)57)14-12-18-60-37-19-28(2)44(50)29(3)20-37/h10-11,13,15-17,19-23,30H,9,12,14,18,24-27H2,1-8H3/t30-/m1/s1. The summed E-state index contributed by atoms with van der Waals surface area (Å²) in [6.07, 6.45) is 3.93. The number of aromatic nitrogens is 5. The van der Waals surface area contributed by atoms with Gasteiger partial charge in [0, 0.05) is 71.3 Å². The zero-order chi connectivity index (χ0) is 42.4. The van der Waals surface area contributed by atoms with E-state index in [2.05, 4.69) is 59.2 Å². The van der Waals surface area contributed by atoms with Crippen LogP contribution in [0.1, 0.15) is 81.8 Å². The molecule has 0 N–H and O–H groups in total. The number of carbonyl (C=O) groups excluding carboxylic acids is 1. The number of pyridine rings is 1. The Morgan fingerprint density at radius 2 is 1.73 bits per heavy atom. The number of amides is 1. The molecule has 312 valence electrons. The smallest absolute Gasteiger partial charge is 0.275 e. The molecule has 1 aliphatic heterocycles. The van der Waals surface area contributed by atoms with E-state index in [0.717, 1.165) is 101 Å². The van der Waals surface area contributed by atoms with Gasteiger partial charge in [-0.25, -0.2) is 0 Å². The van der Waals surface area contributed by atoms with Crippen LogP contribution in [0.15, 0.2) is 66.9 Å². The van der Waals surface area contributed by atoms with Crippen molar-refractivity contribution in [1.29, 1.82) is 0 Å². The van der Waals surface area contributed by atoms with Gasteiger partial charge in [-0.05, 0) is 125 Å². The molecule has 0 fully saturated rings. The van der Waals surface area contributed by atoms with Crippen molar-refractivity contribution < 1.29 is 19.0 Å². The molecule has 0 radical (unpaired) electrons. The predicted octanol–water partition coefficient (Wildman–Crippen LogP) is 10.9. The van der Waals surface area contributed by atoms with Crippen molar-refractivity contribution in [2.75, 3.05) is 32.0 Å². The van der Waals surface area contributed by atoms with E-state index < -0.39 is 0 Å². The Balaban J connectivity index is 1.30. The third-order valence-corrected chi connectivity index (χ3v) is 12.8. The number of hydrogen-bond donors (Lipinski definition) is 0. The molecule has 0 unspecified atom stereocenters. The summed E-state index contributed by atoms with van der Waals surface area (Å²) in [6.45, 7) is 14.4. The summed E-state index contributed by atoms with van der Waals surface area (Å²) in [5, 5.41) is 8.21. The molecule has 10 nitrogen and oxygen atoms in total. The first kappa shape index (κ1) is 41.6. The molecule has 1 aliphatic rings. The number of rotatable bonds is 14. The van der Waals surface area contributed by atoms with E-state index in [-0.39, 0.29) is 18.7 Å². The van der Waals surface area contributed by atoms with Crippen molar-refractivity contribution in [2.45, 2.75) is 80.0 Å². The number of benzene rings is 3. The van der Waals surface area contributed by atoms with E-state index in [1.807, 2.05) is 80.0 Å². The van der Waals surface area contributed by atoms with E-state index in [0.29, 0.717) is 49.9 Å². The van der Waals surface area contributed by atoms with Crippen LogP contribution in [-0.2, 0) is 42.5 Å². The van der Waals surface area contributed by atoms with Crippen LogP contribution in [0.4, 0.5) is 5.69 Å². The quantitative estimate of drug-likeness (QED) is 0.0800. The molecule has 0 aliphatic carbocycles. The molecule has 5 heterocycles. The SMILES string of the molecule is CCc1cc2cc(COCOC)cc(N3C[C@@H](C)n4c(c(CCCOc5cc(C)c(Cl)c(C)c5)c5ccc(Cl)c(-c6c(C)nn(C)c6C)c54)C3=O)c2n1Cc1ccccn1. The Kier molecular flexibility index (Phi) is 11.8. The average molecular weight is 848 g/mol. The van der Waals surface area contributed by atoms with Crippen molar-refractivity contribution in [3.8, 4) is 16.9 Å². The molecule has 60 heavy (non-hydrogen) atoms. The first-order valence-electron chi connectivity index (χ1n) is 20.6. The predicted molar refractivity (Wildman–Crippen MR) is 241 cm³/mol. The van der Waals surface area contributed by atoms with Gasteiger partial charge in [0.15, 0.2) is 0 Å². The van der Waals surface area contributed by atoms with E-state index >= 15 is 4.79 Å². The highest BCUT2D eigenvalue weighted by atomic mass is 35.5. The van der Waals surface area contributed by atoms with Gasteiger partial charge in [-0.15, -0.1) is 0 Å². The van der Waals surface area contributed by atoms with Gasteiger partial charge in [-0.2, -0.15) is 5.10 Å². The van der Waals surface area contributed by atoms with Crippen LogP contribution in [0.2, 0.25) is 10.0 Å². The van der Waals surface area contributed by atoms with Crippen molar-refractivity contribution in [1.82, 2.24) is 23.9 Å². The number of ether oxygens (including phenoxy) is 3. The van der Waals surface area contributed by atoms with Gasteiger partial charge in [0.2, 0.25) is 0 Å². The number of halogens is 2. The number of carbonyl (C=O) groups is 1. The van der Waals surface area contributed by atoms with Crippen molar-refractivity contribution in [3.05, 3.63) is 128 Å². The largest absolute Gasteiger partial charge is 0.494 e. The van der Waals surface area contributed by atoms with Gasteiger partial charge < -0.3 is 28.2 Å². The maximum absolute atomic E-state index is 15.7. The van der Waals surface area contributed by atoms with Crippen LogP contribution in [0.5, 0.6) is 5.75 Å². The Morgan fingerprint density at radius 1 is 0.950 bits per heavy atom. The van der Waals surface area contributed by atoms with E-state index in [1.165, 1.54) is 0 Å². The minimum atomic E-state index is -0.118. The Labute approximate surface area is 361 Å². The number of methoxy groups -OCH3 is 1. The van der Waals surface area contributed by atoms with E-state index in [4.69, 9.17) is 42.5 Å². The highest BCUT2D eigenvalue weighted by Crippen LogP contribution is 2.46. The van der Waals surface area contributed by atoms with Crippen molar-refractivity contribution in [3.63, 3.8) is 0 Å². The highest BCUT2D eigenvalue weighted by molar-refractivity contribution is 6.35. The second kappa shape index (κ2) is 17.1. The zero-order valence-electron chi connectivity index (χ0n) is 35.7. The minimum Gasteiger partial charge on any atom is -0.494 e. The van der Waals surface area contributed by atoms with Gasteiger partial charge in [0.25, 0.3) is 5.91 Å². The molecule has 0 saturated heterocycles. The van der Waals surface area contributed by atoms with Crippen LogP contribution in [0.25, 0.3) is 32.9 Å². The number of anilines is 1. The molecule has 0 spiro atoms. The zero-order valence-corrected chi connectivity index (χ0v) is 37.2. The third kappa shape index (κ3) is 7.48. The molecule has 1 atom stereocenters. The Bertz CT molecular complexity index is 2730. The molecule has 7 aromatic rings. The first-order valence-corrected chi connectivity index (χ1v) is 21.4. The van der Waals surface area contributed by atoms with Gasteiger partial charge in [-0.3, -0.25) is 14.5 Å². The maximum Gasteiger partial charge on any atom is 0.275 e. The highest BCUT2D eigenvalue weighted by Gasteiger charge is 2.38. The van der Waals surface area contributed by atoms with Crippen LogP contribution in [-0.4, -0.2) is 56.9 Å². The average Bonchev–Trinajstić information content (AvgIpc) is 3.84. The topological polar surface area (TPSA) is 88.6 Å². The lowest BCUT2D eigenvalue weighted by molar-refractivity contribution is -0.0390. The summed E-state index contributed by atoms with van der Waals surface area (Å²) in [5.41, 5.74) is 13.2. The van der Waals surface area contributed by atoms with Crippen LogP contribution >= 0.6 is 23.2 Å². The lowest BCUT2D eigenvalue weighted by Crippen LogP contribution is -2.43. The molecule has 8 rings (SSSR count). The second-order valence-corrected chi connectivity index (χ2v) is 16.8. The minimum absolute atomic E-state index is 0.0641. The maximum atomic E-state index is 15.7. The van der Waals surface area contributed by atoms with Gasteiger partial charge >= 0.3 is 0 Å². The Hall–Kier alpha value is -5.13. The summed E-state index contributed by atoms with van der Waals surface area (Å²) in [4.78, 5) is 22.4. The first-order chi connectivity index (χ1) is 28.9. The third-order valence-electron chi connectivity index (χ3n) is 11.9. The molecule has 12 heteroatoms. The van der Waals surface area contributed by atoms with Gasteiger partial charge in [0.05, 0.1) is 52.9 Å². The van der Waals surface area contributed by atoms with Crippen molar-refractivity contribution in [2.24, 2.45) is 7.05 Å². The summed E-state index contributed by atoms with van der Waals surface area (Å²) < 4.78 is 23.9. The summed E-state index contributed by atoms with van der Waals surface area (Å²) in [6, 6.07) is 20.4. The Morgan fingerprint density at radius 3 is 2.42 bits per heavy atom. The number of nitrogens with zero attached hydrogens (tertiary/aromatic N) is 6. The monoisotopic (exact) mass is 846 g/mol. The van der Waals surface area contributed by atoms with E-state index in [9.17, 15) is 0 Å². The molecule has 3 aromatic carbocycles. The van der Waals surface area contributed by atoms with E-state index in [1.54, 1.807) is 7.11 Å². The van der Waals surface area contributed by atoms with Gasteiger partial charge in [-0.1, -0.05) is 42.3 Å². The summed E-state index contributed by atoms with van der Waals surface area (Å²) in [5.74, 6) is 0.718. The fourth-order valence-electron chi connectivity index (χ4n) is 9.10. The fourth-order valence-corrected chi connectivity index (χ4v) is 9.46. The lowest BCUT2D eigenvalue weighted by Gasteiger charge is -2.35.